The molecule has 2 bridgehead atoms. The molecule has 3 aliphatic rings. The number of ketones is 1. The summed E-state index contributed by atoms with van der Waals surface area (Å²) in [6, 6.07) is -0.120. The molecule has 1 amide bonds. The molecule has 3 saturated carbocycles. The summed E-state index contributed by atoms with van der Waals surface area (Å²) in [7, 11) is -3.67. The first-order chi connectivity index (χ1) is 10.1. The molecule has 2 unspecified atom stereocenters. The smallest absolute Gasteiger partial charge is 0.232 e. The highest BCUT2D eigenvalue weighted by molar-refractivity contribution is 7.89. The summed E-state index contributed by atoms with van der Waals surface area (Å²) in [5, 5.41) is 0. The Labute approximate surface area is 131 Å². The Morgan fingerprint density at radius 1 is 1.32 bits per heavy atom. The molecule has 3 rings (SSSR count). The second-order valence-corrected chi connectivity index (χ2v) is 9.59. The molecule has 6 nitrogen and oxygen atoms in total. The van der Waals surface area contributed by atoms with Crippen LogP contribution in [0.25, 0.3) is 0 Å². The standard InChI is InChI=1S/C15H24N2O4S/c1-14(2)10-5-6-15(14,12(18)7-10)9-22(20,21)17(8-13(16)19)11-3-4-11/h10-11H,3-9H2,1-2H3,(H2,16,19). The van der Waals surface area contributed by atoms with Gasteiger partial charge in [-0.15, -0.1) is 0 Å². The minimum Gasteiger partial charge on any atom is -0.369 e. The van der Waals surface area contributed by atoms with E-state index in [1.54, 1.807) is 0 Å². The van der Waals surface area contributed by atoms with Gasteiger partial charge in [-0.05, 0) is 37.0 Å². The van der Waals surface area contributed by atoms with Gasteiger partial charge in [-0.1, -0.05) is 13.8 Å². The normalized spacial score (nSPS) is 33.6. The Balaban J connectivity index is 1.90. The zero-order chi connectivity index (χ0) is 16.3. The van der Waals surface area contributed by atoms with Gasteiger partial charge < -0.3 is 5.73 Å². The van der Waals surface area contributed by atoms with Gasteiger partial charge in [-0.3, -0.25) is 9.59 Å². The van der Waals surface area contributed by atoms with Gasteiger partial charge in [0.25, 0.3) is 0 Å². The maximum absolute atomic E-state index is 12.9. The fourth-order valence-electron chi connectivity index (χ4n) is 4.47. The van der Waals surface area contributed by atoms with Crippen LogP contribution in [0.2, 0.25) is 0 Å². The highest BCUT2D eigenvalue weighted by Gasteiger charge is 2.65. The van der Waals surface area contributed by atoms with Crippen LogP contribution >= 0.6 is 0 Å². The van der Waals surface area contributed by atoms with E-state index in [4.69, 9.17) is 5.73 Å². The monoisotopic (exact) mass is 328 g/mol. The zero-order valence-electron chi connectivity index (χ0n) is 13.2. The van der Waals surface area contributed by atoms with Gasteiger partial charge in [0.05, 0.1) is 12.3 Å². The average molecular weight is 328 g/mol. The Kier molecular flexibility index (Phi) is 3.45. The van der Waals surface area contributed by atoms with Gasteiger partial charge in [-0.25, -0.2) is 8.42 Å². The predicted octanol–water partition coefficient (Wildman–Crippen LogP) is 0.661. The minimum absolute atomic E-state index is 0.0761. The first kappa shape index (κ1) is 15.9. The number of primary amides is 1. The van der Waals surface area contributed by atoms with Crippen molar-refractivity contribution >= 4 is 21.7 Å². The summed E-state index contributed by atoms with van der Waals surface area (Å²) in [5.74, 6) is -0.464. The van der Waals surface area contributed by atoms with E-state index in [-0.39, 0.29) is 35.5 Å². The summed E-state index contributed by atoms with van der Waals surface area (Å²) in [6.07, 6.45) is 3.56. The number of hydrogen-bond donors (Lipinski definition) is 1. The topological polar surface area (TPSA) is 97.5 Å². The first-order valence-electron chi connectivity index (χ1n) is 7.91. The Hall–Kier alpha value is -0.950. The highest BCUT2D eigenvalue weighted by atomic mass is 32.2. The number of sulfonamides is 1. The van der Waals surface area contributed by atoms with Gasteiger partial charge in [0, 0.05) is 17.9 Å². The molecule has 7 heteroatoms. The van der Waals surface area contributed by atoms with Crippen molar-refractivity contribution in [2.24, 2.45) is 22.5 Å². The van der Waals surface area contributed by atoms with E-state index in [0.717, 1.165) is 19.3 Å². The lowest BCUT2D eigenvalue weighted by Crippen LogP contribution is -2.49. The molecular weight excluding hydrogens is 304 g/mol. The minimum atomic E-state index is -3.67. The van der Waals surface area contributed by atoms with Crippen molar-refractivity contribution in [3.8, 4) is 0 Å². The maximum atomic E-state index is 12.9. The van der Waals surface area contributed by atoms with Crippen molar-refractivity contribution in [2.45, 2.75) is 52.0 Å². The number of nitrogens with two attached hydrogens (primary N) is 1. The molecule has 2 N–H and O–H groups in total. The highest BCUT2D eigenvalue weighted by Crippen LogP contribution is 2.64. The molecule has 0 radical (unpaired) electrons. The fourth-order valence-corrected chi connectivity index (χ4v) is 6.93. The second-order valence-electron chi connectivity index (χ2n) is 7.67. The molecule has 3 fully saturated rings. The quantitative estimate of drug-likeness (QED) is 0.774. The van der Waals surface area contributed by atoms with E-state index in [1.165, 1.54) is 4.31 Å². The SMILES string of the molecule is CC1(C)C2CCC1(CS(=O)(=O)N(CC(N)=O)C1CC1)C(=O)C2. The number of carbonyl (C=O) groups is 2. The fraction of sp³-hybridized carbons (Fsp3) is 0.867. The molecule has 0 aromatic heterocycles. The third-order valence-corrected chi connectivity index (χ3v) is 8.19. The number of fused-ring (bicyclic) bond motifs is 2. The Bertz CT molecular complexity index is 623. The van der Waals surface area contributed by atoms with Crippen LogP contribution in [0.5, 0.6) is 0 Å². The van der Waals surface area contributed by atoms with Gasteiger partial charge >= 0.3 is 0 Å². The largest absolute Gasteiger partial charge is 0.369 e. The van der Waals surface area contributed by atoms with Crippen molar-refractivity contribution in [2.75, 3.05) is 12.3 Å². The van der Waals surface area contributed by atoms with Crippen molar-refractivity contribution in [1.82, 2.24) is 4.31 Å². The summed E-state index contributed by atoms with van der Waals surface area (Å²) in [5.41, 5.74) is 4.12. The third-order valence-electron chi connectivity index (χ3n) is 6.19. The lowest BCUT2D eigenvalue weighted by molar-refractivity contribution is -0.128. The van der Waals surface area contributed by atoms with Crippen LogP contribution in [0.4, 0.5) is 0 Å². The van der Waals surface area contributed by atoms with Gasteiger partial charge in [-0.2, -0.15) is 4.31 Å². The molecule has 0 spiro atoms. The van der Waals surface area contributed by atoms with E-state index in [1.807, 2.05) is 13.8 Å². The molecule has 0 heterocycles. The molecule has 0 aromatic carbocycles. The molecule has 0 saturated heterocycles. The predicted molar refractivity (Wildman–Crippen MR) is 81.3 cm³/mol. The van der Waals surface area contributed by atoms with Gasteiger partial charge in [0.1, 0.15) is 5.78 Å². The van der Waals surface area contributed by atoms with Crippen LogP contribution in [-0.4, -0.2) is 42.8 Å². The van der Waals surface area contributed by atoms with Crippen LogP contribution < -0.4 is 5.73 Å². The third kappa shape index (κ3) is 2.21. The molecule has 3 aliphatic carbocycles. The molecule has 0 aliphatic heterocycles. The van der Waals surface area contributed by atoms with Gasteiger partial charge in [0.2, 0.25) is 15.9 Å². The molecule has 22 heavy (non-hydrogen) atoms. The Morgan fingerprint density at radius 2 is 1.95 bits per heavy atom. The Morgan fingerprint density at radius 3 is 2.36 bits per heavy atom. The number of Topliss-reactive ketones (excluding diaryl/α,β-unsaturated/α-hetero) is 1. The summed E-state index contributed by atoms with van der Waals surface area (Å²) < 4.78 is 27.0. The van der Waals surface area contributed by atoms with E-state index >= 15 is 0 Å². The molecule has 2 atom stereocenters. The van der Waals surface area contributed by atoms with Crippen LogP contribution in [0.15, 0.2) is 0 Å². The summed E-state index contributed by atoms with van der Waals surface area (Å²) in [4.78, 5) is 23.7. The number of nitrogens with zero attached hydrogens (tertiary/aromatic N) is 1. The zero-order valence-corrected chi connectivity index (χ0v) is 14.0. The van der Waals surface area contributed by atoms with Crippen LogP contribution in [0.3, 0.4) is 0 Å². The van der Waals surface area contributed by atoms with E-state index < -0.39 is 21.3 Å². The summed E-state index contributed by atoms with van der Waals surface area (Å²) in [6.45, 7) is 3.75. The van der Waals surface area contributed by atoms with Crippen LogP contribution in [-0.2, 0) is 19.6 Å². The van der Waals surface area contributed by atoms with Crippen molar-refractivity contribution in [3.05, 3.63) is 0 Å². The van der Waals surface area contributed by atoms with Crippen molar-refractivity contribution in [3.63, 3.8) is 0 Å². The molecule has 124 valence electrons. The first-order valence-corrected chi connectivity index (χ1v) is 9.52. The number of carbonyl (C=O) groups excluding carboxylic acids is 2. The maximum Gasteiger partial charge on any atom is 0.232 e. The number of rotatable bonds is 6. The lowest BCUT2D eigenvalue weighted by Gasteiger charge is -2.37. The molecule has 0 aromatic rings. The lowest BCUT2D eigenvalue weighted by atomic mass is 9.70. The van der Waals surface area contributed by atoms with E-state index in [0.29, 0.717) is 12.8 Å². The van der Waals surface area contributed by atoms with Crippen LogP contribution in [0, 0.1) is 16.7 Å². The summed E-state index contributed by atoms with van der Waals surface area (Å²) >= 11 is 0. The van der Waals surface area contributed by atoms with E-state index in [2.05, 4.69) is 0 Å². The second kappa shape index (κ2) is 4.77. The number of amides is 1. The molecular formula is C15H24N2O4S. The van der Waals surface area contributed by atoms with Crippen molar-refractivity contribution in [1.29, 1.82) is 0 Å². The number of hydrogen-bond acceptors (Lipinski definition) is 4. The van der Waals surface area contributed by atoms with Crippen LogP contribution in [0.1, 0.15) is 46.0 Å². The van der Waals surface area contributed by atoms with E-state index in [9.17, 15) is 18.0 Å². The average Bonchev–Trinajstić information content (AvgIpc) is 3.15. The van der Waals surface area contributed by atoms with Crippen molar-refractivity contribution < 1.29 is 18.0 Å². The van der Waals surface area contributed by atoms with Gasteiger partial charge in [0.15, 0.2) is 0 Å².